The average molecular weight is 503 g/mol. The summed E-state index contributed by atoms with van der Waals surface area (Å²) in [6.45, 7) is 0. The fourth-order valence-corrected chi connectivity index (χ4v) is 4.72. The van der Waals surface area contributed by atoms with E-state index in [1.165, 1.54) is 27.7 Å². The van der Waals surface area contributed by atoms with Crippen molar-refractivity contribution in [1.29, 1.82) is 0 Å². The van der Waals surface area contributed by atoms with Gasteiger partial charge >= 0.3 is 0 Å². The second-order valence-corrected chi connectivity index (χ2v) is 9.41. The molecule has 0 radical (unpaired) electrons. The molecule has 0 unspecified atom stereocenters. The molecule has 10 heteroatoms. The zero-order valence-electron chi connectivity index (χ0n) is 15.7. The van der Waals surface area contributed by atoms with Gasteiger partial charge < -0.3 is 10.1 Å². The van der Waals surface area contributed by atoms with Crippen LogP contribution in [0, 0.1) is 0 Å². The number of aromatic nitrogens is 3. The number of methoxy groups -OCH3 is 1. The smallest absolute Gasteiger partial charge is 0.266 e. The number of nitrogens with zero attached hydrogens (tertiary/aromatic N) is 3. The van der Waals surface area contributed by atoms with Crippen LogP contribution in [0.2, 0.25) is 0 Å². The van der Waals surface area contributed by atoms with E-state index >= 15 is 0 Å². The average Bonchev–Trinajstić information content (AvgIpc) is 3.16. The molecule has 0 aliphatic carbocycles. The van der Waals surface area contributed by atoms with E-state index < -0.39 is 0 Å². The number of ether oxygens (including phenoxy) is 1. The van der Waals surface area contributed by atoms with Crippen molar-refractivity contribution in [3.05, 3.63) is 68.9 Å². The quantitative estimate of drug-likeness (QED) is 0.311. The molecule has 2 aromatic carbocycles. The van der Waals surface area contributed by atoms with Crippen molar-refractivity contribution in [2.24, 2.45) is 0 Å². The zero-order valence-corrected chi connectivity index (χ0v) is 18.9. The molecule has 152 valence electrons. The van der Waals surface area contributed by atoms with E-state index in [1.54, 1.807) is 55.8 Å². The third-order valence-corrected chi connectivity index (χ3v) is 6.44. The molecule has 2 aromatic heterocycles. The van der Waals surface area contributed by atoms with Gasteiger partial charge in [0.2, 0.25) is 5.91 Å². The zero-order chi connectivity index (χ0) is 21.1. The first-order valence-electron chi connectivity index (χ1n) is 8.75. The number of amides is 1. The fraction of sp³-hybridized carbons (Fsp3) is 0.100. The minimum absolute atomic E-state index is 0.0753. The molecule has 0 saturated carbocycles. The molecule has 2 heterocycles. The summed E-state index contributed by atoms with van der Waals surface area (Å²) in [4.78, 5) is 34.3. The van der Waals surface area contributed by atoms with E-state index in [2.05, 4.69) is 31.2 Å². The number of thiazole rings is 1. The molecule has 7 nitrogen and oxygen atoms in total. The highest BCUT2D eigenvalue weighted by molar-refractivity contribution is 9.11. The van der Waals surface area contributed by atoms with Gasteiger partial charge in [-0.05, 0) is 40.2 Å². The van der Waals surface area contributed by atoms with E-state index in [4.69, 9.17) is 4.74 Å². The molecule has 1 N–H and O–H groups in total. The van der Waals surface area contributed by atoms with Gasteiger partial charge in [0.1, 0.15) is 5.75 Å². The van der Waals surface area contributed by atoms with E-state index in [1.807, 2.05) is 6.07 Å². The van der Waals surface area contributed by atoms with Gasteiger partial charge in [-0.3, -0.25) is 14.2 Å². The number of hydrogen-bond donors (Lipinski definition) is 1. The van der Waals surface area contributed by atoms with Crippen LogP contribution in [0.4, 0.5) is 5.13 Å². The Kier molecular flexibility index (Phi) is 6.16. The predicted molar refractivity (Wildman–Crippen MR) is 123 cm³/mol. The largest absolute Gasteiger partial charge is 0.497 e. The lowest BCUT2D eigenvalue weighted by molar-refractivity contribution is -0.113. The molecule has 0 bridgehead atoms. The summed E-state index contributed by atoms with van der Waals surface area (Å²) >= 11 is 5.83. The van der Waals surface area contributed by atoms with Crippen molar-refractivity contribution >= 4 is 61.0 Å². The third kappa shape index (κ3) is 4.40. The van der Waals surface area contributed by atoms with Gasteiger partial charge in [0.15, 0.2) is 10.3 Å². The van der Waals surface area contributed by atoms with Gasteiger partial charge in [-0.15, -0.1) is 0 Å². The summed E-state index contributed by atoms with van der Waals surface area (Å²) in [5.41, 5.74) is 0.985. The van der Waals surface area contributed by atoms with Crippen LogP contribution >= 0.6 is 39.0 Å². The SMILES string of the molecule is COc1cccc(-n2c(SCC(=O)Nc3ncc(Br)s3)nc3ccccc3c2=O)c1. The van der Waals surface area contributed by atoms with Crippen molar-refractivity contribution in [2.45, 2.75) is 5.16 Å². The Morgan fingerprint density at radius 3 is 2.87 bits per heavy atom. The summed E-state index contributed by atoms with van der Waals surface area (Å²) in [6, 6.07) is 14.3. The molecule has 0 spiro atoms. The Morgan fingerprint density at radius 2 is 2.10 bits per heavy atom. The van der Waals surface area contributed by atoms with Gasteiger partial charge in [-0.1, -0.05) is 41.3 Å². The van der Waals surface area contributed by atoms with Crippen LogP contribution in [-0.4, -0.2) is 33.3 Å². The number of hydrogen-bond acceptors (Lipinski definition) is 7. The van der Waals surface area contributed by atoms with E-state index in [9.17, 15) is 9.59 Å². The fourth-order valence-electron chi connectivity index (χ4n) is 2.78. The standard InChI is InChI=1S/C20H15BrN4O3S2/c1-28-13-6-4-5-12(9-13)25-18(27)14-7-2-3-8-15(14)23-20(25)29-11-17(26)24-19-22-10-16(21)30-19/h2-10H,11H2,1H3,(H,22,24,26). The number of fused-ring (bicyclic) bond motifs is 1. The lowest BCUT2D eigenvalue weighted by Gasteiger charge is -2.14. The molecule has 0 aliphatic heterocycles. The summed E-state index contributed by atoms with van der Waals surface area (Å²) in [7, 11) is 1.57. The molecule has 4 rings (SSSR count). The summed E-state index contributed by atoms with van der Waals surface area (Å²) in [5.74, 6) is 0.462. The maximum absolute atomic E-state index is 13.2. The molecular weight excluding hydrogens is 488 g/mol. The molecule has 0 aliphatic rings. The van der Waals surface area contributed by atoms with Crippen LogP contribution in [-0.2, 0) is 4.79 Å². The van der Waals surface area contributed by atoms with Crippen molar-refractivity contribution in [2.75, 3.05) is 18.2 Å². The molecule has 4 aromatic rings. The maximum atomic E-state index is 13.2. The van der Waals surface area contributed by atoms with Gasteiger partial charge in [0, 0.05) is 6.07 Å². The number of benzene rings is 2. The monoisotopic (exact) mass is 502 g/mol. The third-order valence-electron chi connectivity index (χ3n) is 4.11. The molecular formula is C20H15BrN4O3S2. The Bertz CT molecular complexity index is 1290. The number of thioether (sulfide) groups is 1. The van der Waals surface area contributed by atoms with Crippen LogP contribution in [0.15, 0.2) is 68.5 Å². The van der Waals surface area contributed by atoms with Crippen molar-refractivity contribution < 1.29 is 9.53 Å². The Labute approximate surface area is 188 Å². The first-order valence-corrected chi connectivity index (χ1v) is 11.3. The molecule has 0 atom stereocenters. The minimum atomic E-state index is -0.235. The van der Waals surface area contributed by atoms with Gasteiger partial charge in [-0.25, -0.2) is 9.97 Å². The Balaban J connectivity index is 1.70. The predicted octanol–water partition coefficient (Wildman–Crippen LogP) is 4.34. The second-order valence-electron chi connectivity index (χ2n) is 6.06. The van der Waals surface area contributed by atoms with Crippen molar-refractivity contribution in [3.8, 4) is 11.4 Å². The summed E-state index contributed by atoms with van der Waals surface area (Å²) in [6.07, 6.45) is 1.62. The molecule has 0 fully saturated rings. The van der Waals surface area contributed by atoms with Crippen molar-refractivity contribution in [3.63, 3.8) is 0 Å². The lowest BCUT2D eigenvalue weighted by Crippen LogP contribution is -2.23. The van der Waals surface area contributed by atoms with Crippen LogP contribution < -0.4 is 15.6 Å². The first-order chi connectivity index (χ1) is 14.5. The van der Waals surface area contributed by atoms with Crippen LogP contribution in [0.3, 0.4) is 0 Å². The number of rotatable bonds is 6. The number of para-hydroxylation sites is 1. The van der Waals surface area contributed by atoms with E-state index in [0.717, 1.165) is 3.79 Å². The van der Waals surface area contributed by atoms with E-state index in [0.29, 0.717) is 32.6 Å². The highest BCUT2D eigenvalue weighted by atomic mass is 79.9. The number of anilines is 1. The molecule has 1 amide bonds. The number of carbonyl (C=O) groups is 1. The van der Waals surface area contributed by atoms with Crippen LogP contribution in [0.25, 0.3) is 16.6 Å². The Hall–Kier alpha value is -2.69. The van der Waals surface area contributed by atoms with Crippen LogP contribution in [0.1, 0.15) is 0 Å². The van der Waals surface area contributed by atoms with E-state index in [-0.39, 0.29) is 17.2 Å². The van der Waals surface area contributed by atoms with Gasteiger partial charge in [0.05, 0.1) is 39.4 Å². The summed E-state index contributed by atoms with van der Waals surface area (Å²) < 4.78 is 7.62. The van der Waals surface area contributed by atoms with Gasteiger partial charge in [-0.2, -0.15) is 0 Å². The lowest BCUT2D eigenvalue weighted by atomic mass is 10.2. The normalized spacial score (nSPS) is 10.9. The number of carbonyl (C=O) groups excluding carboxylic acids is 1. The topological polar surface area (TPSA) is 86.1 Å². The van der Waals surface area contributed by atoms with Gasteiger partial charge in [0.25, 0.3) is 5.56 Å². The minimum Gasteiger partial charge on any atom is -0.497 e. The van der Waals surface area contributed by atoms with Crippen LogP contribution in [0.5, 0.6) is 5.75 Å². The highest BCUT2D eigenvalue weighted by Gasteiger charge is 2.16. The van der Waals surface area contributed by atoms with Crippen molar-refractivity contribution in [1.82, 2.24) is 14.5 Å². The number of nitrogens with one attached hydrogen (secondary N) is 1. The maximum Gasteiger partial charge on any atom is 0.266 e. The highest BCUT2D eigenvalue weighted by Crippen LogP contribution is 2.25. The number of halogens is 1. The first kappa shape index (κ1) is 20.6. The Morgan fingerprint density at radius 1 is 1.27 bits per heavy atom. The molecule has 0 saturated heterocycles. The second kappa shape index (κ2) is 8.99. The summed E-state index contributed by atoms with van der Waals surface area (Å²) in [5, 5.41) is 4.17. The molecule has 30 heavy (non-hydrogen) atoms.